The molecule has 1 aromatic heterocycles. The van der Waals surface area contributed by atoms with Crippen molar-refractivity contribution in [1.29, 1.82) is 0 Å². The molecule has 0 unspecified atom stereocenters. The van der Waals surface area contributed by atoms with Gasteiger partial charge in [0.2, 0.25) is 10.0 Å². The number of aromatic amines is 1. The molecule has 0 spiro atoms. The number of anilines is 1. The first-order valence-corrected chi connectivity index (χ1v) is 10.6. The lowest BCUT2D eigenvalue weighted by molar-refractivity contribution is 0.102. The molecule has 0 bridgehead atoms. The van der Waals surface area contributed by atoms with Gasteiger partial charge in [-0.05, 0) is 35.9 Å². The number of nitrogens with one attached hydrogen (secondary N) is 3. The van der Waals surface area contributed by atoms with Gasteiger partial charge in [0.25, 0.3) is 5.91 Å². The van der Waals surface area contributed by atoms with Crippen molar-refractivity contribution in [2.75, 3.05) is 11.9 Å². The Bertz CT molecular complexity index is 1090. The fraction of sp³-hybridized carbons (Fsp3) is 0.105. The van der Waals surface area contributed by atoms with Crippen LogP contribution in [0, 0.1) is 0 Å². The average Bonchev–Trinajstić information content (AvgIpc) is 3.05. The Hall–Kier alpha value is -2.42. The number of carbonyl (C=O) groups is 1. The van der Waals surface area contributed by atoms with Crippen LogP contribution in [0.25, 0.3) is 10.9 Å². The molecule has 0 fully saturated rings. The average molecular weight is 448 g/mol. The first-order valence-electron chi connectivity index (χ1n) is 8.13. The lowest BCUT2D eigenvalue weighted by atomic mass is 10.2. The highest BCUT2D eigenvalue weighted by molar-refractivity contribution is 9.10. The van der Waals surface area contributed by atoms with Crippen LogP contribution in [0.5, 0.6) is 0 Å². The minimum absolute atomic E-state index is 0.133. The van der Waals surface area contributed by atoms with Gasteiger partial charge in [0.15, 0.2) is 0 Å². The van der Waals surface area contributed by atoms with E-state index in [1.165, 1.54) is 6.08 Å². The van der Waals surface area contributed by atoms with Crippen LogP contribution < -0.4 is 10.0 Å². The van der Waals surface area contributed by atoms with E-state index in [4.69, 9.17) is 0 Å². The van der Waals surface area contributed by atoms with E-state index >= 15 is 0 Å². The van der Waals surface area contributed by atoms with Crippen LogP contribution in [-0.2, 0) is 15.8 Å². The van der Waals surface area contributed by atoms with E-state index in [2.05, 4.69) is 37.5 Å². The van der Waals surface area contributed by atoms with Crippen LogP contribution in [0.15, 0.2) is 65.7 Å². The lowest BCUT2D eigenvalue weighted by Gasteiger charge is -2.07. The minimum Gasteiger partial charge on any atom is -0.350 e. The van der Waals surface area contributed by atoms with Gasteiger partial charge in [0, 0.05) is 27.6 Å². The summed E-state index contributed by atoms with van der Waals surface area (Å²) < 4.78 is 27.1. The summed E-state index contributed by atoms with van der Waals surface area (Å²) in [6.07, 6.45) is 1.49. The monoisotopic (exact) mass is 447 g/mol. The maximum Gasteiger partial charge on any atom is 0.272 e. The molecule has 3 aromatic rings. The summed E-state index contributed by atoms with van der Waals surface area (Å²) in [5.74, 6) is -0.401. The molecule has 0 atom stereocenters. The zero-order chi connectivity index (χ0) is 19.4. The number of benzene rings is 2. The molecule has 3 N–H and O–H groups in total. The molecule has 1 heterocycles. The van der Waals surface area contributed by atoms with Crippen LogP contribution in [0.2, 0.25) is 0 Å². The van der Waals surface area contributed by atoms with Crippen LogP contribution in [-0.4, -0.2) is 25.9 Å². The quantitative estimate of drug-likeness (QED) is 0.481. The largest absolute Gasteiger partial charge is 0.350 e. The number of aromatic nitrogens is 1. The zero-order valence-corrected chi connectivity index (χ0v) is 16.7. The Morgan fingerprint density at radius 2 is 1.89 bits per heavy atom. The van der Waals surface area contributed by atoms with Crippen molar-refractivity contribution in [3.05, 3.63) is 76.9 Å². The molecule has 3 rings (SSSR count). The normalized spacial score (nSPS) is 11.4. The van der Waals surface area contributed by atoms with Gasteiger partial charge < -0.3 is 10.3 Å². The molecule has 0 saturated heterocycles. The minimum atomic E-state index is -3.41. The van der Waals surface area contributed by atoms with Gasteiger partial charge in [-0.15, -0.1) is 6.58 Å². The Kier molecular flexibility index (Phi) is 5.79. The SMILES string of the molecule is C=CCNS(=O)(=O)Cc1ccc(NC(=O)c2cc3ccc(Br)cc3[nH]2)cc1. The molecule has 27 heavy (non-hydrogen) atoms. The topological polar surface area (TPSA) is 91.1 Å². The Balaban J connectivity index is 1.68. The van der Waals surface area contributed by atoms with E-state index < -0.39 is 10.0 Å². The Morgan fingerprint density at radius 3 is 2.59 bits per heavy atom. The van der Waals surface area contributed by atoms with Gasteiger partial charge in [-0.3, -0.25) is 4.79 Å². The fourth-order valence-corrected chi connectivity index (χ4v) is 4.03. The summed E-state index contributed by atoms with van der Waals surface area (Å²) in [4.78, 5) is 15.5. The van der Waals surface area contributed by atoms with Crippen LogP contribution in [0.1, 0.15) is 16.1 Å². The number of halogens is 1. The van der Waals surface area contributed by atoms with E-state index in [-0.39, 0.29) is 18.2 Å². The van der Waals surface area contributed by atoms with Crippen molar-refractivity contribution in [2.45, 2.75) is 5.75 Å². The summed E-state index contributed by atoms with van der Waals surface area (Å²) in [5.41, 5.74) is 2.52. The highest BCUT2D eigenvalue weighted by atomic mass is 79.9. The number of hydrogen-bond acceptors (Lipinski definition) is 3. The lowest BCUT2D eigenvalue weighted by Crippen LogP contribution is -2.25. The van der Waals surface area contributed by atoms with E-state index in [9.17, 15) is 13.2 Å². The van der Waals surface area contributed by atoms with E-state index in [0.717, 1.165) is 15.4 Å². The summed E-state index contributed by atoms with van der Waals surface area (Å²) in [6.45, 7) is 3.67. The van der Waals surface area contributed by atoms with Gasteiger partial charge >= 0.3 is 0 Å². The molecule has 6 nitrogen and oxygen atoms in total. The molecule has 1 amide bonds. The molecule has 2 aromatic carbocycles. The van der Waals surface area contributed by atoms with Crippen molar-refractivity contribution in [3.8, 4) is 0 Å². The number of rotatable bonds is 7. The maximum atomic E-state index is 12.4. The second kappa shape index (κ2) is 8.08. The van der Waals surface area contributed by atoms with Gasteiger partial charge in [-0.1, -0.05) is 40.2 Å². The number of sulfonamides is 1. The second-order valence-electron chi connectivity index (χ2n) is 5.96. The molecule has 8 heteroatoms. The van der Waals surface area contributed by atoms with Crippen molar-refractivity contribution in [1.82, 2.24) is 9.71 Å². The molecule has 0 saturated carbocycles. The molecule has 0 aliphatic heterocycles. The Morgan fingerprint density at radius 1 is 1.15 bits per heavy atom. The van der Waals surface area contributed by atoms with E-state index in [0.29, 0.717) is 16.9 Å². The van der Waals surface area contributed by atoms with Gasteiger partial charge in [0.1, 0.15) is 5.69 Å². The highest BCUT2D eigenvalue weighted by Gasteiger charge is 2.12. The predicted molar refractivity (Wildman–Crippen MR) is 111 cm³/mol. The predicted octanol–water partition coefficient (Wildman–Crippen LogP) is 3.79. The fourth-order valence-electron chi connectivity index (χ4n) is 2.56. The van der Waals surface area contributed by atoms with Crippen molar-refractivity contribution >= 4 is 48.5 Å². The van der Waals surface area contributed by atoms with E-state index in [1.54, 1.807) is 30.3 Å². The van der Waals surface area contributed by atoms with Crippen molar-refractivity contribution < 1.29 is 13.2 Å². The third kappa shape index (κ3) is 5.06. The number of carbonyl (C=O) groups excluding carboxylic acids is 1. The zero-order valence-electron chi connectivity index (χ0n) is 14.3. The van der Waals surface area contributed by atoms with Crippen molar-refractivity contribution in [3.63, 3.8) is 0 Å². The summed E-state index contributed by atoms with van der Waals surface area (Å²) in [7, 11) is -3.41. The number of amides is 1. The second-order valence-corrected chi connectivity index (χ2v) is 8.68. The molecular weight excluding hydrogens is 430 g/mol. The Labute approximate surface area is 165 Å². The number of H-pyrrole nitrogens is 1. The number of fused-ring (bicyclic) bond motifs is 1. The van der Waals surface area contributed by atoms with Crippen LogP contribution >= 0.6 is 15.9 Å². The standard InChI is InChI=1S/C19H18BrN3O3S/c1-2-9-21-27(25,26)12-13-3-7-16(8-4-13)22-19(24)18-10-14-5-6-15(20)11-17(14)23-18/h2-8,10-11,21,23H,1,9,12H2,(H,22,24). The van der Waals surface area contributed by atoms with Gasteiger partial charge in [-0.25, -0.2) is 13.1 Å². The third-order valence-corrected chi connectivity index (χ3v) is 5.66. The summed E-state index contributed by atoms with van der Waals surface area (Å²) in [5, 5.41) is 3.74. The first kappa shape index (κ1) is 19.3. The summed E-state index contributed by atoms with van der Waals surface area (Å²) >= 11 is 3.40. The molecule has 0 aliphatic rings. The van der Waals surface area contributed by atoms with Gasteiger partial charge in [0.05, 0.1) is 5.75 Å². The van der Waals surface area contributed by atoms with Gasteiger partial charge in [-0.2, -0.15) is 0 Å². The van der Waals surface area contributed by atoms with Crippen LogP contribution in [0.4, 0.5) is 5.69 Å². The molecule has 0 aliphatic carbocycles. The molecule has 140 valence electrons. The summed E-state index contributed by atoms with van der Waals surface area (Å²) in [6, 6.07) is 14.2. The molecular formula is C19H18BrN3O3S. The first-order chi connectivity index (χ1) is 12.9. The smallest absolute Gasteiger partial charge is 0.272 e. The third-order valence-electron chi connectivity index (χ3n) is 3.85. The van der Waals surface area contributed by atoms with Crippen molar-refractivity contribution in [2.24, 2.45) is 0 Å². The highest BCUT2D eigenvalue weighted by Crippen LogP contribution is 2.21. The number of hydrogen-bond donors (Lipinski definition) is 3. The maximum absolute atomic E-state index is 12.4. The molecule has 0 radical (unpaired) electrons. The van der Waals surface area contributed by atoms with E-state index in [1.807, 2.05) is 18.2 Å². The van der Waals surface area contributed by atoms with Crippen LogP contribution in [0.3, 0.4) is 0 Å².